The van der Waals surface area contributed by atoms with Gasteiger partial charge in [0.15, 0.2) is 0 Å². The van der Waals surface area contributed by atoms with Gasteiger partial charge in [-0.3, -0.25) is 0 Å². The van der Waals surface area contributed by atoms with Crippen LogP contribution in [0.25, 0.3) is 0 Å². The fraction of sp³-hybridized carbons (Fsp3) is 0.556. The Morgan fingerprint density at radius 1 is 1.65 bits per heavy atom. The van der Waals surface area contributed by atoms with Crippen LogP contribution in [0.4, 0.5) is 0 Å². The summed E-state index contributed by atoms with van der Waals surface area (Å²) in [6.45, 7) is 0.832. The maximum atomic E-state index is 12.1. The number of halogens is 1. The second-order valence-corrected chi connectivity index (χ2v) is 7.83. The van der Waals surface area contributed by atoms with Gasteiger partial charge >= 0.3 is 0 Å². The van der Waals surface area contributed by atoms with Crippen LogP contribution >= 0.6 is 27.3 Å². The topological polar surface area (TPSA) is 75.6 Å². The van der Waals surface area contributed by atoms with Gasteiger partial charge in [0.1, 0.15) is 4.90 Å². The molecule has 2 rings (SSSR count). The molecule has 1 aromatic heterocycles. The lowest BCUT2D eigenvalue weighted by molar-refractivity contribution is 0.192. The number of thiophene rings is 1. The van der Waals surface area contributed by atoms with Crippen molar-refractivity contribution in [2.75, 3.05) is 13.2 Å². The number of ether oxygens (including phenoxy) is 1. The normalized spacial score (nSPS) is 20.9. The van der Waals surface area contributed by atoms with Crippen molar-refractivity contribution in [1.82, 2.24) is 4.72 Å². The van der Waals surface area contributed by atoms with Gasteiger partial charge in [-0.1, -0.05) is 0 Å². The summed E-state index contributed by atoms with van der Waals surface area (Å²) in [6.07, 6.45) is 0.688. The quantitative estimate of drug-likeness (QED) is 0.858. The van der Waals surface area contributed by atoms with Crippen LogP contribution in [0.3, 0.4) is 0 Å². The zero-order chi connectivity index (χ0) is 12.5. The first-order valence-corrected chi connectivity index (χ1v) is 8.11. The molecule has 0 aliphatic carbocycles. The largest absolute Gasteiger partial charge is 0.391 e. The third-order valence-electron chi connectivity index (χ3n) is 2.40. The number of nitrogens with one attached hydrogen (secondary N) is 1. The lowest BCUT2D eigenvalue weighted by Gasteiger charge is -2.10. The van der Waals surface area contributed by atoms with Crippen LogP contribution in [0.15, 0.2) is 14.7 Å². The monoisotopic (exact) mass is 341 g/mol. The molecule has 1 atom stereocenters. The highest BCUT2D eigenvalue weighted by molar-refractivity contribution is 9.11. The van der Waals surface area contributed by atoms with Gasteiger partial charge in [0.05, 0.1) is 17.0 Å². The number of rotatable bonds is 4. The second-order valence-electron chi connectivity index (χ2n) is 3.69. The van der Waals surface area contributed by atoms with Crippen LogP contribution in [-0.4, -0.2) is 32.8 Å². The molecule has 0 spiro atoms. The summed E-state index contributed by atoms with van der Waals surface area (Å²) >= 11 is 4.42. The minimum atomic E-state index is -3.54. The third-order valence-corrected chi connectivity index (χ3v) is 6.16. The predicted molar refractivity (Wildman–Crippen MR) is 67.5 cm³/mol. The molecule has 5 nitrogen and oxygen atoms in total. The Morgan fingerprint density at radius 2 is 2.41 bits per heavy atom. The first-order chi connectivity index (χ1) is 8.03. The summed E-state index contributed by atoms with van der Waals surface area (Å²) in [5.41, 5.74) is 0. The first-order valence-electron chi connectivity index (χ1n) is 5.02. The first kappa shape index (κ1) is 13.4. The third kappa shape index (κ3) is 3.07. The van der Waals surface area contributed by atoms with Crippen LogP contribution in [0, 0.1) is 0 Å². The van der Waals surface area contributed by atoms with Crippen molar-refractivity contribution in [3.63, 3.8) is 0 Å². The van der Waals surface area contributed by atoms with Gasteiger partial charge in [-0.05, 0) is 28.4 Å². The van der Waals surface area contributed by atoms with Crippen LogP contribution in [0.2, 0.25) is 0 Å². The molecule has 96 valence electrons. The average Bonchev–Trinajstić information content (AvgIpc) is 2.86. The van der Waals surface area contributed by atoms with Gasteiger partial charge in [0.2, 0.25) is 10.0 Å². The minimum absolute atomic E-state index is 0.161. The molecular formula is C9H12BrNO4S2. The Bertz CT molecular complexity index is 493. The lowest BCUT2D eigenvalue weighted by Crippen LogP contribution is -2.34. The highest BCUT2D eigenvalue weighted by Gasteiger charge is 2.26. The summed E-state index contributed by atoms with van der Waals surface area (Å²) in [5.74, 6) is 0. The smallest absolute Gasteiger partial charge is 0.242 e. The molecule has 0 saturated carbocycles. The van der Waals surface area contributed by atoms with Crippen LogP contribution in [0.1, 0.15) is 11.3 Å². The van der Waals surface area contributed by atoms with Crippen molar-refractivity contribution in [2.24, 2.45) is 0 Å². The fourth-order valence-electron chi connectivity index (χ4n) is 1.57. The summed E-state index contributed by atoms with van der Waals surface area (Å²) in [4.78, 5) is 0.790. The summed E-state index contributed by atoms with van der Waals surface area (Å²) in [7, 11) is -3.54. The van der Waals surface area contributed by atoms with Gasteiger partial charge in [-0.15, -0.1) is 11.3 Å². The van der Waals surface area contributed by atoms with Crippen LogP contribution in [-0.2, 0) is 21.4 Å². The van der Waals surface area contributed by atoms with E-state index in [0.717, 1.165) is 0 Å². The molecule has 1 aliphatic rings. The predicted octanol–water partition coefficient (Wildman–Crippen LogP) is 1.07. The molecule has 17 heavy (non-hydrogen) atoms. The van der Waals surface area contributed by atoms with E-state index in [-0.39, 0.29) is 17.5 Å². The molecule has 2 heterocycles. The summed E-state index contributed by atoms with van der Waals surface area (Å²) < 4.78 is 32.4. The summed E-state index contributed by atoms with van der Waals surface area (Å²) in [6, 6.07) is 1.32. The molecule has 1 aliphatic heterocycles. The molecule has 8 heteroatoms. The molecule has 0 amide bonds. The van der Waals surface area contributed by atoms with Gasteiger partial charge in [0.25, 0.3) is 0 Å². The van der Waals surface area contributed by atoms with Crippen molar-refractivity contribution >= 4 is 37.3 Å². The minimum Gasteiger partial charge on any atom is -0.391 e. The zero-order valence-corrected chi connectivity index (χ0v) is 12.1. The summed E-state index contributed by atoms with van der Waals surface area (Å²) in [5, 5.41) is 8.98. The molecule has 0 bridgehead atoms. The molecule has 2 N–H and O–H groups in total. The molecule has 1 aromatic rings. The Kier molecular flexibility index (Phi) is 4.22. The average molecular weight is 342 g/mol. The Balaban J connectivity index is 2.21. The van der Waals surface area contributed by atoms with E-state index in [1.807, 2.05) is 0 Å². The second kappa shape index (κ2) is 5.33. The van der Waals surface area contributed by atoms with E-state index in [4.69, 9.17) is 9.84 Å². The maximum absolute atomic E-state index is 12.1. The van der Waals surface area contributed by atoms with Crippen LogP contribution in [0.5, 0.6) is 0 Å². The van der Waals surface area contributed by atoms with E-state index in [1.165, 1.54) is 17.4 Å². The van der Waals surface area contributed by atoms with E-state index < -0.39 is 10.0 Å². The van der Waals surface area contributed by atoms with Crippen molar-refractivity contribution in [3.8, 4) is 0 Å². The van der Waals surface area contributed by atoms with E-state index in [1.54, 1.807) is 0 Å². The SMILES string of the molecule is O=S(=O)(NC1CCOC1)c1cc(CO)sc1Br. The maximum Gasteiger partial charge on any atom is 0.242 e. The molecular weight excluding hydrogens is 330 g/mol. The number of hydrogen-bond donors (Lipinski definition) is 2. The Morgan fingerprint density at radius 3 is 2.94 bits per heavy atom. The number of aliphatic hydroxyl groups excluding tert-OH is 1. The highest BCUT2D eigenvalue weighted by Crippen LogP contribution is 2.31. The van der Waals surface area contributed by atoms with E-state index >= 15 is 0 Å². The lowest BCUT2D eigenvalue weighted by atomic mass is 10.3. The van der Waals surface area contributed by atoms with Crippen molar-refractivity contribution in [3.05, 3.63) is 14.7 Å². The zero-order valence-electron chi connectivity index (χ0n) is 8.85. The van der Waals surface area contributed by atoms with Crippen molar-refractivity contribution in [1.29, 1.82) is 0 Å². The number of hydrogen-bond acceptors (Lipinski definition) is 5. The van der Waals surface area contributed by atoms with Gasteiger partial charge in [0, 0.05) is 17.5 Å². The van der Waals surface area contributed by atoms with E-state index in [9.17, 15) is 8.42 Å². The molecule has 1 unspecified atom stereocenters. The van der Waals surface area contributed by atoms with Crippen molar-refractivity contribution in [2.45, 2.75) is 24.0 Å². The Hall–Kier alpha value is 0.01000. The molecule has 1 saturated heterocycles. The number of aliphatic hydroxyl groups is 1. The standard InChI is InChI=1S/C9H12BrNO4S2/c10-9-8(3-7(4-12)16-9)17(13,14)11-6-1-2-15-5-6/h3,6,11-12H,1-2,4-5H2. The van der Waals surface area contributed by atoms with E-state index in [2.05, 4.69) is 20.7 Å². The highest BCUT2D eigenvalue weighted by atomic mass is 79.9. The molecule has 1 fully saturated rings. The van der Waals surface area contributed by atoms with Gasteiger partial charge in [-0.2, -0.15) is 0 Å². The molecule has 0 radical (unpaired) electrons. The fourth-order valence-corrected chi connectivity index (χ4v) is 5.37. The van der Waals surface area contributed by atoms with Gasteiger partial charge < -0.3 is 9.84 Å². The van der Waals surface area contributed by atoms with Gasteiger partial charge in [-0.25, -0.2) is 13.1 Å². The van der Waals surface area contributed by atoms with E-state index in [0.29, 0.717) is 28.3 Å². The van der Waals surface area contributed by atoms with Crippen LogP contribution < -0.4 is 4.72 Å². The van der Waals surface area contributed by atoms with Crippen molar-refractivity contribution < 1.29 is 18.3 Å². The number of sulfonamides is 1. The molecule has 0 aromatic carbocycles. The Labute approximate surface area is 112 Å².